The first-order valence-corrected chi connectivity index (χ1v) is 5.39. The highest BCUT2D eigenvalue weighted by atomic mass is 35.5. The summed E-state index contributed by atoms with van der Waals surface area (Å²) < 4.78 is 5.43. The van der Waals surface area contributed by atoms with Crippen molar-refractivity contribution >= 4 is 11.6 Å². The van der Waals surface area contributed by atoms with Gasteiger partial charge in [-0.2, -0.15) is 0 Å². The quantitative estimate of drug-likeness (QED) is 0.462. The Balaban J connectivity index is 1.87. The van der Waals surface area contributed by atoms with Gasteiger partial charge in [-0.3, -0.25) is 0 Å². The molecule has 0 spiro atoms. The first kappa shape index (κ1) is 10.3. The normalized spacial score (nSPS) is 20.0. The molecule has 2 heteroatoms. The van der Waals surface area contributed by atoms with Gasteiger partial charge < -0.3 is 4.74 Å². The van der Waals surface area contributed by atoms with E-state index in [1.54, 1.807) is 0 Å². The maximum absolute atomic E-state index is 6.14. The Hall–Kier alpha value is 0.250. The highest BCUT2D eigenvalue weighted by Crippen LogP contribution is 2.37. The van der Waals surface area contributed by atoms with E-state index in [9.17, 15) is 0 Å². The van der Waals surface area contributed by atoms with Crippen molar-refractivity contribution in [3.8, 4) is 0 Å². The summed E-state index contributed by atoms with van der Waals surface area (Å²) in [6.07, 6.45) is 5.29. The Morgan fingerprint density at radius 1 is 1.42 bits per heavy atom. The molecule has 0 N–H and O–H groups in total. The predicted octanol–water partition coefficient (Wildman–Crippen LogP) is 3.21. The van der Waals surface area contributed by atoms with Crippen molar-refractivity contribution in [2.24, 2.45) is 5.92 Å². The van der Waals surface area contributed by atoms with Crippen LogP contribution < -0.4 is 0 Å². The van der Waals surface area contributed by atoms with Gasteiger partial charge in [0.25, 0.3) is 0 Å². The van der Waals surface area contributed by atoms with E-state index < -0.39 is 0 Å². The van der Waals surface area contributed by atoms with E-state index >= 15 is 0 Å². The van der Waals surface area contributed by atoms with Crippen molar-refractivity contribution in [3.63, 3.8) is 0 Å². The molecule has 0 radical (unpaired) electrons. The van der Waals surface area contributed by atoms with Crippen LogP contribution in [0.3, 0.4) is 0 Å². The molecule has 1 rings (SSSR count). The topological polar surface area (TPSA) is 9.23 Å². The van der Waals surface area contributed by atoms with E-state index in [1.165, 1.54) is 12.8 Å². The molecule has 12 heavy (non-hydrogen) atoms. The highest BCUT2D eigenvalue weighted by Gasteiger charge is 2.28. The molecule has 1 atom stereocenters. The first-order chi connectivity index (χ1) is 5.70. The van der Waals surface area contributed by atoms with E-state index in [0.717, 1.165) is 25.4 Å². The van der Waals surface area contributed by atoms with Crippen molar-refractivity contribution in [1.29, 1.82) is 0 Å². The van der Waals surface area contributed by atoms with Gasteiger partial charge in [-0.15, -0.1) is 11.6 Å². The number of hydrogen-bond acceptors (Lipinski definition) is 1. The van der Waals surface area contributed by atoms with E-state index in [4.69, 9.17) is 16.3 Å². The summed E-state index contributed by atoms with van der Waals surface area (Å²) in [5.41, 5.74) is 0. The fourth-order valence-corrected chi connectivity index (χ4v) is 1.70. The fraction of sp³-hybridized carbons (Fsp3) is 1.00. The molecule has 1 aliphatic rings. The Bertz CT molecular complexity index is 121. The van der Waals surface area contributed by atoms with E-state index in [0.29, 0.717) is 11.5 Å². The van der Waals surface area contributed by atoms with Crippen LogP contribution in [-0.4, -0.2) is 18.1 Å². The third-order valence-electron chi connectivity index (χ3n) is 2.21. The second-order valence-corrected chi connectivity index (χ2v) is 4.48. The number of halogens is 1. The molecule has 0 aromatic rings. The molecule has 0 aromatic heterocycles. The summed E-state index contributed by atoms with van der Waals surface area (Å²) >= 11 is 6.14. The lowest BCUT2D eigenvalue weighted by Crippen LogP contribution is -2.07. The Kier molecular flexibility index (Phi) is 4.38. The number of rotatable bonds is 6. The molecule has 0 amide bonds. The van der Waals surface area contributed by atoms with E-state index in [1.807, 2.05) is 0 Å². The van der Waals surface area contributed by atoms with Gasteiger partial charge in [0.15, 0.2) is 0 Å². The molecule has 0 saturated heterocycles. The zero-order valence-electron chi connectivity index (χ0n) is 8.05. The zero-order valence-corrected chi connectivity index (χ0v) is 8.81. The van der Waals surface area contributed by atoms with Crippen molar-refractivity contribution in [3.05, 3.63) is 0 Å². The Labute approximate surface area is 80.4 Å². The summed E-state index contributed by atoms with van der Waals surface area (Å²) in [5, 5.41) is 0.417. The lowest BCUT2D eigenvalue weighted by molar-refractivity contribution is 0.0757. The predicted molar refractivity (Wildman–Crippen MR) is 52.7 cm³/mol. The molecule has 1 fully saturated rings. The summed E-state index contributed by atoms with van der Waals surface area (Å²) in [6.45, 7) is 5.01. The lowest BCUT2D eigenvalue weighted by atomic mass is 10.2. The highest BCUT2D eigenvalue weighted by molar-refractivity contribution is 6.20. The summed E-state index contributed by atoms with van der Waals surface area (Å²) in [5.74, 6) is 0.825. The molecule has 1 saturated carbocycles. The molecule has 1 aliphatic carbocycles. The van der Waals surface area contributed by atoms with Crippen LogP contribution in [0.5, 0.6) is 0 Å². The molecule has 0 heterocycles. The molecule has 0 aromatic carbocycles. The van der Waals surface area contributed by atoms with Gasteiger partial charge in [0.2, 0.25) is 0 Å². The number of alkyl halides is 1. The van der Waals surface area contributed by atoms with Crippen LogP contribution in [0.15, 0.2) is 0 Å². The lowest BCUT2D eigenvalue weighted by Gasteiger charge is -2.09. The molecule has 0 aliphatic heterocycles. The van der Waals surface area contributed by atoms with Crippen LogP contribution in [0.25, 0.3) is 0 Å². The fourth-order valence-electron chi connectivity index (χ4n) is 1.29. The minimum atomic E-state index is 0.361. The standard InChI is InChI=1S/C10H19ClO/c1-8(2)12-7-3-4-10(11)9-5-6-9/h8-10H,3-7H2,1-2H3. The van der Waals surface area contributed by atoms with Gasteiger partial charge in [0.1, 0.15) is 0 Å². The van der Waals surface area contributed by atoms with Crippen LogP contribution >= 0.6 is 11.6 Å². The van der Waals surface area contributed by atoms with E-state index in [2.05, 4.69) is 13.8 Å². The summed E-state index contributed by atoms with van der Waals surface area (Å²) in [7, 11) is 0. The molecule has 0 bridgehead atoms. The number of hydrogen-bond donors (Lipinski definition) is 0. The minimum absolute atomic E-state index is 0.361. The van der Waals surface area contributed by atoms with Gasteiger partial charge in [0, 0.05) is 12.0 Å². The van der Waals surface area contributed by atoms with Crippen LogP contribution in [0.4, 0.5) is 0 Å². The average Bonchev–Trinajstić information content (AvgIpc) is 2.79. The summed E-state index contributed by atoms with van der Waals surface area (Å²) in [6, 6.07) is 0. The molecular formula is C10H19ClO. The van der Waals surface area contributed by atoms with Crippen LogP contribution in [0.2, 0.25) is 0 Å². The first-order valence-electron chi connectivity index (χ1n) is 4.96. The van der Waals surface area contributed by atoms with Crippen molar-refractivity contribution < 1.29 is 4.74 Å². The monoisotopic (exact) mass is 190 g/mol. The maximum Gasteiger partial charge on any atom is 0.0518 e. The Morgan fingerprint density at radius 2 is 2.08 bits per heavy atom. The average molecular weight is 191 g/mol. The van der Waals surface area contributed by atoms with Gasteiger partial charge in [-0.1, -0.05) is 0 Å². The van der Waals surface area contributed by atoms with Gasteiger partial charge in [-0.25, -0.2) is 0 Å². The summed E-state index contributed by atoms with van der Waals surface area (Å²) in [4.78, 5) is 0. The van der Waals surface area contributed by atoms with Crippen molar-refractivity contribution in [2.75, 3.05) is 6.61 Å². The molecule has 1 nitrogen and oxygen atoms in total. The number of ether oxygens (including phenoxy) is 1. The molecule has 72 valence electrons. The SMILES string of the molecule is CC(C)OCCCC(Cl)C1CC1. The van der Waals surface area contributed by atoms with Gasteiger partial charge in [-0.05, 0) is 45.4 Å². The largest absolute Gasteiger partial charge is 0.379 e. The third kappa shape index (κ3) is 4.32. The minimum Gasteiger partial charge on any atom is -0.379 e. The molecule has 1 unspecified atom stereocenters. The van der Waals surface area contributed by atoms with Crippen LogP contribution in [0, 0.1) is 5.92 Å². The van der Waals surface area contributed by atoms with Crippen molar-refractivity contribution in [1.82, 2.24) is 0 Å². The van der Waals surface area contributed by atoms with Gasteiger partial charge in [0.05, 0.1) is 6.10 Å². The second-order valence-electron chi connectivity index (χ2n) is 3.92. The smallest absolute Gasteiger partial charge is 0.0518 e. The Morgan fingerprint density at radius 3 is 2.58 bits per heavy atom. The van der Waals surface area contributed by atoms with Gasteiger partial charge >= 0.3 is 0 Å². The molecular weight excluding hydrogens is 172 g/mol. The van der Waals surface area contributed by atoms with Crippen molar-refractivity contribution in [2.45, 2.75) is 51.0 Å². The van der Waals surface area contributed by atoms with Crippen LogP contribution in [-0.2, 0) is 4.74 Å². The van der Waals surface area contributed by atoms with Crippen LogP contribution in [0.1, 0.15) is 39.5 Å². The second kappa shape index (κ2) is 5.08. The van der Waals surface area contributed by atoms with E-state index in [-0.39, 0.29) is 0 Å². The zero-order chi connectivity index (χ0) is 8.97. The maximum atomic E-state index is 6.14. The third-order valence-corrected chi connectivity index (χ3v) is 2.78.